The predicted molar refractivity (Wildman–Crippen MR) is 86.8 cm³/mol. The van der Waals surface area contributed by atoms with Gasteiger partial charge < -0.3 is 9.90 Å². The molecule has 22 heavy (non-hydrogen) atoms. The summed E-state index contributed by atoms with van der Waals surface area (Å²) >= 11 is 0. The van der Waals surface area contributed by atoms with Crippen molar-refractivity contribution < 1.29 is 14.7 Å². The minimum Gasteiger partial charge on any atom is -0.549 e. The molecule has 1 unspecified atom stereocenters. The maximum Gasteiger partial charge on any atom is 0.160 e. The number of hydrogen-bond acceptors (Lipinski definition) is 3. The van der Waals surface area contributed by atoms with Gasteiger partial charge in [-0.05, 0) is 18.9 Å². The van der Waals surface area contributed by atoms with E-state index in [1.165, 1.54) is 32.6 Å². The maximum absolute atomic E-state index is 11.7. The third-order valence-electron chi connectivity index (χ3n) is 4.10. The van der Waals surface area contributed by atoms with Crippen LogP contribution >= 0.6 is 0 Å². The molecular formula is C19H27O3-. The van der Waals surface area contributed by atoms with Gasteiger partial charge in [0.2, 0.25) is 0 Å². The lowest BCUT2D eigenvalue weighted by Crippen LogP contribution is -2.30. The number of aliphatic carboxylic acids is 1. The van der Waals surface area contributed by atoms with Crippen LogP contribution in [-0.2, 0) is 4.79 Å². The molecule has 0 spiro atoms. The zero-order valence-electron chi connectivity index (χ0n) is 13.8. The molecule has 0 saturated heterocycles. The maximum atomic E-state index is 11.7. The van der Waals surface area contributed by atoms with E-state index in [1.807, 2.05) is 0 Å². The van der Waals surface area contributed by atoms with Crippen LogP contribution in [0.2, 0.25) is 0 Å². The summed E-state index contributed by atoms with van der Waals surface area (Å²) in [6, 6.07) is 6.97. The number of carboxylic acids is 1. The number of carboxylic acid groups (broad SMARTS) is 1. The van der Waals surface area contributed by atoms with Crippen molar-refractivity contribution in [1.82, 2.24) is 0 Å². The molecule has 1 aromatic rings. The topological polar surface area (TPSA) is 57.2 Å². The number of carbonyl (C=O) groups is 2. The van der Waals surface area contributed by atoms with Crippen molar-refractivity contribution in [2.45, 2.75) is 71.1 Å². The molecule has 0 N–H and O–H groups in total. The van der Waals surface area contributed by atoms with Gasteiger partial charge in [-0.15, -0.1) is 0 Å². The second-order valence-corrected chi connectivity index (χ2v) is 5.93. The molecule has 0 saturated carbocycles. The Morgan fingerprint density at radius 3 is 2.18 bits per heavy atom. The van der Waals surface area contributed by atoms with Crippen molar-refractivity contribution >= 4 is 11.8 Å². The highest BCUT2D eigenvalue weighted by Crippen LogP contribution is 2.26. The summed E-state index contributed by atoms with van der Waals surface area (Å²) in [6.45, 7) is 3.66. The van der Waals surface area contributed by atoms with Crippen molar-refractivity contribution in [3.63, 3.8) is 0 Å². The van der Waals surface area contributed by atoms with Crippen LogP contribution in [0, 0.1) is 0 Å². The quantitative estimate of drug-likeness (QED) is 0.460. The molecule has 0 amide bonds. The average Bonchev–Trinajstić information content (AvgIpc) is 2.49. The van der Waals surface area contributed by atoms with Crippen LogP contribution in [0.3, 0.4) is 0 Å². The monoisotopic (exact) mass is 303 g/mol. The summed E-state index contributed by atoms with van der Waals surface area (Å²) in [5, 5.41) is 11.5. The molecule has 0 aliphatic carbocycles. The van der Waals surface area contributed by atoms with Gasteiger partial charge in [0.25, 0.3) is 0 Å². The molecule has 1 rings (SSSR count). The predicted octanol–water partition coefficient (Wildman–Crippen LogP) is 3.86. The molecule has 3 nitrogen and oxygen atoms in total. The van der Waals surface area contributed by atoms with Gasteiger partial charge in [0.05, 0.1) is 0 Å². The first-order valence-corrected chi connectivity index (χ1v) is 8.38. The number of hydrogen-bond donors (Lipinski definition) is 0. The summed E-state index contributed by atoms with van der Waals surface area (Å²) < 4.78 is 0. The molecule has 1 atom stereocenters. The second kappa shape index (κ2) is 10.1. The fourth-order valence-corrected chi connectivity index (χ4v) is 2.83. The molecule has 1 aromatic carbocycles. The van der Waals surface area contributed by atoms with E-state index >= 15 is 0 Å². The highest BCUT2D eigenvalue weighted by Gasteiger charge is 2.17. The molecule has 0 radical (unpaired) electrons. The van der Waals surface area contributed by atoms with Crippen LogP contribution in [0.4, 0.5) is 0 Å². The lowest BCUT2D eigenvalue weighted by atomic mass is 9.88. The number of carbonyl (C=O) groups excluding carboxylic acids is 2. The first-order valence-electron chi connectivity index (χ1n) is 8.38. The van der Waals surface area contributed by atoms with E-state index < -0.39 is 11.9 Å². The van der Waals surface area contributed by atoms with E-state index in [-0.39, 0.29) is 5.78 Å². The van der Waals surface area contributed by atoms with Crippen molar-refractivity contribution in [3.8, 4) is 0 Å². The fraction of sp³-hybridized carbons (Fsp3) is 0.579. The molecule has 0 heterocycles. The number of Topliss-reactive ketones (excluding diaryl/α,β-unsaturated/α-hetero) is 1. The van der Waals surface area contributed by atoms with Gasteiger partial charge in [-0.25, -0.2) is 0 Å². The van der Waals surface area contributed by atoms with Crippen molar-refractivity contribution in [1.29, 1.82) is 0 Å². The molecule has 0 fully saturated rings. The Morgan fingerprint density at radius 2 is 1.59 bits per heavy atom. The standard InChI is InChI=1S/C19H28O3/c1-3-4-5-6-7-8-9-14-18(19(21)22)17-13-11-10-12-16(17)15(2)20/h10-13,18H,3-9,14H2,1-2H3,(H,21,22)/p-1. The van der Waals surface area contributed by atoms with Crippen LogP contribution in [0.1, 0.15) is 87.1 Å². The highest BCUT2D eigenvalue weighted by molar-refractivity contribution is 5.97. The third-order valence-corrected chi connectivity index (χ3v) is 4.10. The fourth-order valence-electron chi connectivity index (χ4n) is 2.83. The van der Waals surface area contributed by atoms with Crippen molar-refractivity contribution in [2.24, 2.45) is 0 Å². The van der Waals surface area contributed by atoms with Gasteiger partial charge in [0, 0.05) is 17.5 Å². The van der Waals surface area contributed by atoms with Gasteiger partial charge in [0.15, 0.2) is 5.78 Å². The van der Waals surface area contributed by atoms with E-state index in [4.69, 9.17) is 0 Å². The molecule has 122 valence electrons. The van der Waals surface area contributed by atoms with Crippen LogP contribution in [0.25, 0.3) is 0 Å². The van der Waals surface area contributed by atoms with Crippen LogP contribution < -0.4 is 5.11 Å². The van der Waals surface area contributed by atoms with Crippen molar-refractivity contribution in [2.75, 3.05) is 0 Å². The van der Waals surface area contributed by atoms with E-state index in [9.17, 15) is 14.7 Å². The van der Waals surface area contributed by atoms with Crippen LogP contribution in [0.5, 0.6) is 0 Å². The Balaban J connectivity index is 2.56. The SMILES string of the molecule is CCCCCCCCCC(C(=O)[O-])c1ccccc1C(C)=O. The molecule has 0 bridgehead atoms. The molecule has 0 aromatic heterocycles. The number of ketones is 1. The Kier molecular flexibility index (Phi) is 8.49. The van der Waals surface area contributed by atoms with Gasteiger partial charge in [-0.1, -0.05) is 76.1 Å². The Hall–Kier alpha value is -1.64. The van der Waals surface area contributed by atoms with Crippen LogP contribution in [0.15, 0.2) is 24.3 Å². The molecular weight excluding hydrogens is 276 g/mol. The van der Waals surface area contributed by atoms with E-state index in [2.05, 4.69) is 6.92 Å². The molecule has 0 aliphatic rings. The number of unbranched alkanes of at least 4 members (excludes halogenated alkanes) is 6. The third kappa shape index (κ3) is 6.00. The van der Waals surface area contributed by atoms with Crippen molar-refractivity contribution in [3.05, 3.63) is 35.4 Å². The summed E-state index contributed by atoms with van der Waals surface area (Å²) in [5.74, 6) is -1.86. The molecule has 0 aliphatic heterocycles. The number of rotatable bonds is 11. The minimum absolute atomic E-state index is 0.0959. The van der Waals surface area contributed by atoms with E-state index in [0.717, 1.165) is 19.3 Å². The summed E-state index contributed by atoms with van der Waals surface area (Å²) in [6.07, 6.45) is 8.56. The average molecular weight is 303 g/mol. The first kappa shape index (κ1) is 18.4. The normalized spacial score (nSPS) is 12.1. The molecule has 3 heteroatoms. The first-order chi connectivity index (χ1) is 10.6. The zero-order valence-corrected chi connectivity index (χ0v) is 13.8. The van der Waals surface area contributed by atoms with E-state index in [0.29, 0.717) is 17.5 Å². The van der Waals surface area contributed by atoms with E-state index in [1.54, 1.807) is 24.3 Å². The lowest BCUT2D eigenvalue weighted by Gasteiger charge is -2.20. The smallest absolute Gasteiger partial charge is 0.160 e. The van der Waals surface area contributed by atoms with Gasteiger partial charge >= 0.3 is 0 Å². The minimum atomic E-state index is -1.08. The summed E-state index contributed by atoms with van der Waals surface area (Å²) in [7, 11) is 0. The zero-order chi connectivity index (χ0) is 16.4. The highest BCUT2D eigenvalue weighted by atomic mass is 16.4. The number of benzene rings is 1. The van der Waals surface area contributed by atoms with Gasteiger partial charge in [-0.3, -0.25) is 4.79 Å². The van der Waals surface area contributed by atoms with Gasteiger partial charge in [-0.2, -0.15) is 0 Å². The lowest BCUT2D eigenvalue weighted by molar-refractivity contribution is -0.308. The second-order valence-electron chi connectivity index (χ2n) is 5.93. The Bertz CT molecular complexity index is 479. The van der Waals surface area contributed by atoms with Gasteiger partial charge in [0.1, 0.15) is 0 Å². The van der Waals surface area contributed by atoms with Crippen LogP contribution in [-0.4, -0.2) is 11.8 Å². The Labute approximate surface area is 133 Å². The largest absolute Gasteiger partial charge is 0.549 e. The summed E-state index contributed by atoms with van der Waals surface area (Å²) in [5.41, 5.74) is 1.10. The summed E-state index contributed by atoms with van der Waals surface area (Å²) in [4.78, 5) is 23.1. The Morgan fingerprint density at radius 1 is 1.00 bits per heavy atom.